The van der Waals surface area contributed by atoms with E-state index in [1.54, 1.807) is 6.08 Å². The number of nitrogens with zero attached hydrogens (tertiary/aromatic N) is 1. The molecule has 0 spiro atoms. The maximum Gasteiger partial charge on any atom is 0.244 e. The highest BCUT2D eigenvalue weighted by Gasteiger charge is 2.28. The summed E-state index contributed by atoms with van der Waals surface area (Å²) in [4.78, 5) is 26.6. The Balaban J connectivity index is 1.90. The maximum atomic E-state index is 12.8. The van der Waals surface area contributed by atoms with Crippen LogP contribution in [0.5, 0.6) is 0 Å². The van der Waals surface area contributed by atoms with E-state index in [-0.39, 0.29) is 23.8 Å². The highest BCUT2D eigenvalue weighted by molar-refractivity contribution is 5.88. The Morgan fingerprint density at radius 1 is 1.21 bits per heavy atom. The molecule has 1 aliphatic rings. The summed E-state index contributed by atoms with van der Waals surface area (Å²) in [6.45, 7) is 7.30. The Morgan fingerprint density at radius 2 is 1.83 bits per heavy atom. The van der Waals surface area contributed by atoms with Crippen molar-refractivity contribution in [1.29, 1.82) is 0 Å². The molecule has 2 amide bonds. The van der Waals surface area contributed by atoms with Gasteiger partial charge in [-0.25, -0.2) is 0 Å². The highest BCUT2D eigenvalue weighted by Crippen LogP contribution is 2.24. The van der Waals surface area contributed by atoms with E-state index in [1.807, 2.05) is 49.1 Å². The van der Waals surface area contributed by atoms with Crippen molar-refractivity contribution in [2.45, 2.75) is 52.0 Å². The van der Waals surface area contributed by atoms with E-state index in [0.717, 1.165) is 30.4 Å². The highest BCUT2D eigenvalue weighted by atomic mass is 16.2. The minimum absolute atomic E-state index is 0.0319. The van der Waals surface area contributed by atoms with Crippen LogP contribution in [0.25, 0.3) is 0 Å². The van der Waals surface area contributed by atoms with Gasteiger partial charge in [-0.3, -0.25) is 9.59 Å². The number of carbonyl (C=O) groups is 2. The summed E-state index contributed by atoms with van der Waals surface area (Å²) < 4.78 is 0. The molecule has 0 aromatic heterocycles. The fourth-order valence-electron chi connectivity index (χ4n) is 3.21. The van der Waals surface area contributed by atoms with Crippen LogP contribution in [0.1, 0.15) is 51.5 Å². The lowest BCUT2D eigenvalue weighted by Crippen LogP contribution is -2.47. The Kier molecular flexibility index (Phi) is 6.59. The third-order valence-corrected chi connectivity index (χ3v) is 4.48. The van der Waals surface area contributed by atoms with E-state index in [1.165, 1.54) is 0 Å². The Labute approximate surface area is 144 Å². The number of allylic oxidation sites excluding steroid dienone is 1. The van der Waals surface area contributed by atoms with Crippen molar-refractivity contribution in [3.05, 3.63) is 47.5 Å². The van der Waals surface area contributed by atoms with Gasteiger partial charge < -0.3 is 10.2 Å². The van der Waals surface area contributed by atoms with Gasteiger partial charge in [0.1, 0.15) is 0 Å². The van der Waals surface area contributed by atoms with Gasteiger partial charge >= 0.3 is 0 Å². The summed E-state index contributed by atoms with van der Waals surface area (Å²) in [6, 6.07) is 10.2. The summed E-state index contributed by atoms with van der Waals surface area (Å²) in [7, 11) is 0. The molecule has 0 bridgehead atoms. The number of benzene rings is 1. The van der Waals surface area contributed by atoms with E-state index >= 15 is 0 Å². The summed E-state index contributed by atoms with van der Waals surface area (Å²) in [5.41, 5.74) is 2.08. The van der Waals surface area contributed by atoms with Crippen LogP contribution in [0.15, 0.2) is 42.0 Å². The second-order valence-electron chi connectivity index (χ2n) is 6.70. The van der Waals surface area contributed by atoms with Crippen molar-refractivity contribution in [1.82, 2.24) is 10.2 Å². The number of likely N-dealkylation sites (tertiary alicyclic amines) is 1. The van der Waals surface area contributed by atoms with Gasteiger partial charge in [0.05, 0.1) is 5.92 Å². The van der Waals surface area contributed by atoms with E-state index in [4.69, 9.17) is 0 Å². The molecule has 1 aliphatic heterocycles. The van der Waals surface area contributed by atoms with Gasteiger partial charge in [-0.05, 0) is 38.7 Å². The molecule has 130 valence electrons. The zero-order valence-electron chi connectivity index (χ0n) is 14.9. The predicted octanol–water partition coefficient (Wildman–Crippen LogP) is 3.25. The van der Waals surface area contributed by atoms with Crippen molar-refractivity contribution in [2.75, 3.05) is 13.1 Å². The van der Waals surface area contributed by atoms with Crippen molar-refractivity contribution in [3.63, 3.8) is 0 Å². The number of amides is 2. The topological polar surface area (TPSA) is 49.4 Å². The molecule has 0 saturated carbocycles. The van der Waals surface area contributed by atoms with Gasteiger partial charge in [-0.2, -0.15) is 0 Å². The molecule has 4 nitrogen and oxygen atoms in total. The van der Waals surface area contributed by atoms with Gasteiger partial charge in [0, 0.05) is 25.2 Å². The van der Waals surface area contributed by atoms with E-state index in [2.05, 4.69) is 12.2 Å². The van der Waals surface area contributed by atoms with Gasteiger partial charge in [0.15, 0.2) is 0 Å². The molecular formula is C20H28N2O2. The number of rotatable bonds is 5. The number of hydrogen-bond donors (Lipinski definition) is 1. The lowest BCUT2D eigenvalue weighted by molar-refractivity contribution is -0.134. The summed E-state index contributed by atoms with van der Waals surface area (Å²) in [6.07, 6.45) is 4.07. The molecule has 2 rings (SSSR count). The van der Waals surface area contributed by atoms with Gasteiger partial charge in [0.2, 0.25) is 11.8 Å². The van der Waals surface area contributed by atoms with Crippen molar-refractivity contribution >= 4 is 11.8 Å². The first-order valence-corrected chi connectivity index (χ1v) is 8.80. The first-order valence-electron chi connectivity index (χ1n) is 8.80. The quantitative estimate of drug-likeness (QED) is 0.844. The molecule has 1 fully saturated rings. The van der Waals surface area contributed by atoms with E-state index in [0.29, 0.717) is 13.1 Å². The van der Waals surface area contributed by atoms with Crippen LogP contribution in [0, 0.1) is 0 Å². The zero-order chi connectivity index (χ0) is 17.5. The number of carbonyl (C=O) groups excluding carboxylic acids is 2. The van der Waals surface area contributed by atoms with E-state index < -0.39 is 0 Å². The van der Waals surface area contributed by atoms with Crippen LogP contribution in [0.4, 0.5) is 0 Å². The molecule has 0 radical (unpaired) electrons. The minimum Gasteiger partial charge on any atom is -0.350 e. The normalized spacial score (nSPS) is 16.4. The predicted molar refractivity (Wildman–Crippen MR) is 96.6 cm³/mol. The molecule has 1 saturated heterocycles. The maximum absolute atomic E-state index is 12.8. The molecule has 1 N–H and O–H groups in total. The number of nitrogens with one attached hydrogen (secondary N) is 1. The van der Waals surface area contributed by atoms with Crippen molar-refractivity contribution in [2.24, 2.45) is 0 Å². The summed E-state index contributed by atoms with van der Waals surface area (Å²) in [5, 5.41) is 3.03. The molecule has 1 heterocycles. The van der Waals surface area contributed by atoms with Crippen LogP contribution >= 0.6 is 0 Å². The third-order valence-electron chi connectivity index (χ3n) is 4.48. The monoisotopic (exact) mass is 328 g/mol. The van der Waals surface area contributed by atoms with Crippen LogP contribution in [-0.4, -0.2) is 35.8 Å². The molecule has 0 unspecified atom stereocenters. The fraction of sp³-hybridized carbons (Fsp3) is 0.500. The molecule has 24 heavy (non-hydrogen) atoms. The number of piperidine rings is 1. The van der Waals surface area contributed by atoms with E-state index in [9.17, 15) is 9.59 Å². The number of hydrogen-bond acceptors (Lipinski definition) is 2. The van der Waals surface area contributed by atoms with Gasteiger partial charge in [-0.15, -0.1) is 0 Å². The van der Waals surface area contributed by atoms with Crippen LogP contribution in [0.2, 0.25) is 0 Å². The largest absolute Gasteiger partial charge is 0.350 e. The Morgan fingerprint density at radius 3 is 2.38 bits per heavy atom. The van der Waals surface area contributed by atoms with Crippen LogP contribution in [0.3, 0.4) is 0 Å². The summed E-state index contributed by atoms with van der Waals surface area (Å²) in [5.74, 6) is 0.108. The van der Waals surface area contributed by atoms with Gasteiger partial charge in [-0.1, -0.05) is 42.8 Å². The lowest BCUT2D eigenvalue weighted by Gasteiger charge is -2.34. The standard InChI is InChI=1S/C20H28N2O2/c1-4-18(16-8-6-5-7-9-16)20(24)22-12-10-17(11-13-22)21-19(23)14-15(2)3/h5-9,14,17-18H,4,10-13H2,1-3H3,(H,21,23)/t18-/m1/s1. The Bertz CT molecular complexity index is 583. The van der Waals surface area contributed by atoms with Crippen LogP contribution in [-0.2, 0) is 9.59 Å². The molecule has 4 heteroatoms. The second-order valence-corrected chi connectivity index (χ2v) is 6.70. The molecule has 0 aliphatic carbocycles. The minimum atomic E-state index is -0.0667. The lowest BCUT2D eigenvalue weighted by atomic mass is 9.93. The van der Waals surface area contributed by atoms with Crippen molar-refractivity contribution in [3.8, 4) is 0 Å². The van der Waals surface area contributed by atoms with Gasteiger partial charge in [0.25, 0.3) is 0 Å². The molecule has 1 atom stereocenters. The third kappa shape index (κ3) is 4.95. The molecule has 1 aromatic rings. The SMILES string of the molecule is CC[C@@H](C(=O)N1CCC(NC(=O)C=C(C)C)CC1)c1ccccc1. The van der Waals surface area contributed by atoms with Crippen LogP contribution < -0.4 is 5.32 Å². The van der Waals surface area contributed by atoms with Crippen molar-refractivity contribution < 1.29 is 9.59 Å². The summed E-state index contributed by atoms with van der Waals surface area (Å²) >= 11 is 0. The fourth-order valence-corrected chi connectivity index (χ4v) is 3.21. The average Bonchev–Trinajstić information content (AvgIpc) is 2.56. The second kappa shape index (κ2) is 8.67. The average molecular weight is 328 g/mol. The smallest absolute Gasteiger partial charge is 0.244 e. The molecule has 1 aromatic carbocycles. The first kappa shape index (κ1) is 18.2. The zero-order valence-corrected chi connectivity index (χ0v) is 14.9. The molecular weight excluding hydrogens is 300 g/mol. The first-order chi connectivity index (χ1) is 11.5. The Hall–Kier alpha value is -2.10.